The maximum atomic E-state index is 12.3. The second-order valence-electron chi connectivity index (χ2n) is 5.31. The van der Waals surface area contributed by atoms with E-state index in [1.54, 1.807) is 24.3 Å². The normalized spacial score (nSPS) is 18.4. The molecule has 1 aromatic carbocycles. The van der Waals surface area contributed by atoms with Gasteiger partial charge >= 0.3 is 0 Å². The average molecular weight is 309 g/mol. The molecule has 1 aromatic rings. The van der Waals surface area contributed by atoms with Crippen molar-refractivity contribution < 1.29 is 9.59 Å². The number of piperidine rings is 1. The van der Waals surface area contributed by atoms with Crippen molar-refractivity contribution in [2.24, 2.45) is 0 Å². The highest BCUT2D eigenvalue weighted by atomic mass is 35.5. The summed E-state index contributed by atoms with van der Waals surface area (Å²) in [5.41, 5.74) is 0.401. The number of benzene rings is 1. The topological polar surface area (TPSA) is 49.4 Å². The molecule has 21 heavy (non-hydrogen) atoms. The van der Waals surface area contributed by atoms with Crippen LogP contribution in [0.5, 0.6) is 0 Å². The van der Waals surface area contributed by atoms with E-state index in [2.05, 4.69) is 12.2 Å². The maximum absolute atomic E-state index is 12.3. The molecule has 5 heteroatoms. The first-order valence-electron chi connectivity index (χ1n) is 7.45. The van der Waals surface area contributed by atoms with Gasteiger partial charge in [0.05, 0.1) is 17.1 Å². The van der Waals surface area contributed by atoms with Crippen molar-refractivity contribution in [2.45, 2.75) is 38.6 Å². The summed E-state index contributed by atoms with van der Waals surface area (Å²) >= 11 is 5.97. The van der Waals surface area contributed by atoms with E-state index in [1.807, 2.05) is 4.90 Å². The number of halogens is 1. The minimum Gasteiger partial charge on any atom is -0.343 e. The second kappa shape index (κ2) is 7.46. The van der Waals surface area contributed by atoms with Crippen molar-refractivity contribution >= 4 is 23.4 Å². The molecule has 1 fully saturated rings. The summed E-state index contributed by atoms with van der Waals surface area (Å²) in [5, 5.41) is 3.06. The van der Waals surface area contributed by atoms with Crippen molar-refractivity contribution in [3.63, 3.8) is 0 Å². The third-order valence-corrected chi connectivity index (χ3v) is 4.27. The first-order valence-corrected chi connectivity index (χ1v) is 7.83. The van der Waals surface area contributed by atoms with Crippen molar-refractivity contribution in [3.05, 3.63) is 34.9 Å². The Bertz CT molecular complexity index is 519. The third-order valence-electron chi connectivity index (χ3n) is 3.94. The Kier molecular flexibility index (Phi) is 5.62. The molecular formula is C16H21ClN2O2. The van der Waals surface area contributed by atoms with E-state index >= 15 is 0 Å². The van der Waals surface area contributed by atoms with E-state index < -0.39 is 0 Å². The van der Waals surface area contributed by atoms with Gasteiger partial charge in [-0.05, 0) is 37.8 Å². The van der Waals surface area contributed by atoms with Gasteiger partial charge < -0.3 is 10.2 Å². The Labute approximate surface area is 130 Å². The fourth-order valence-electron chi connectivity index (χ4n) is 2.75. The molecule has 1 unspecified atom stereocenters. The van der Waals surface area contributed by atoms with Crippen LogP contribution in [0.4, 0.5) is 0 Å². The molecule has 1 aliphatic heterocycles. The van der Waals surface area contributed by atoms with Gasteiger partial charge in [0.25, 0.3) is 5.91 Å². The van der Waals surface area contributed by atoms with Gasteiger partial charge in [-0.15, -0.1) is 0 Å². The van der Waals surface area contributed by atoms with Crippen LogP contribution in [0.25, 0.3) is 0 Å². The fourth-order valence-corrected chi connectivity index (χ4v) is 2.97. The van der Waals surface area contributed by atoms with Crippen LogP contribution >= 0.6 is 11.6 Å². The zero-order valence-electron chi connectivity index (χ0n) is 12.3. The summed E-state index contributed by atoms with van der Waals surface area (Å²) in [7, 11) is 0. The molecule has 1 saturated heterocycles. The largest absolute Gasteiger partial charge is 0.343 e. The molecule has 1 N–H and O–H groups in total. The van der Waals surface area contributed by atoms with Crippen LogP contribution in [0.1, 0.15) is 43.0 Å². The lowest BCUT2D eigenvalue weighted by molar-refractivity contribution is -0.133. The van der Waals surface area contributed by atoms with Crippen LogP contribution in [-0.4, -0.2) is 35.8 Å². The molecule has 0 spiro atoms. The Morgan fingerprint density at radius 2 is 2.10 bits per heavy atom. The first-order chi connectivity index (χ1) is 10.1. The van der Waals surface area contributed by atoms with Crippen molar-refractivity contribution in [2.75, 3.05) is 13.1 Å². The van der Waals surface area contributed by atoms with E-state index in [0.717, 1.165) is 25.8 Å². The molecule has 2 rings (SSSR count). The number of nitrogens with zero attached hydrogens (tertiary/aromatic N) is 1. The lowest BCUT2D eigenvalue weighted by atomic mass is 10.00. The standard InChI is InChI=1S/C16H21ClN2O2/c1-2-12-7-5-6-10-19(12)15(20)11-18-16(21)13-8-3-4-9-14(13)17/h3-4,8-9,12H,2,5-7,10-11H2,1H3,(H,18,21). The van der Waals surface area contributed by atoms with Crippen molar-refractivity contribution in [1.82, 2.24) is 10.2 Å². The smallest absolute Gasteiger partial charge is 0.253 e. The van der Waals surface area contributed by atoms with Crippen molar-refractivity contribution in [1.29, 1.82) is 0 Å². The monoisotopic (exact) mass is 308 g/mol. The Morgan fingerprint density at radius 3 is 2.81 bits per heavy atom. The molecule has 1 aliphatic rings. The molecular weight excluding hydrogens is 288 g/mol. The Hall–Kier alpha value is -1.55. The minimum absolute atomic E-state index is 0.0121. The zero-order chi connectivity index (χ0) is 15.2. The van der Waals surface area contributed by atoms with Gasteiger partial charge in [-0.1, -0.05) is 30.7 Å². The van der Waals surface area contributed by atoms with Crippen LogP contribution in [0, 0.1) is 0 Å². The summed E-state index contributed by atoms with van der Waals surface area (Å²) in [5.74, 6) is -0.319. The quantitative estimate of drug-likeness (QED) is 0.930. The number of hydrogen-bond donors (Lipinski definition) is 1. The zero-order valence-corrected chi connectivity index (χ0v) is 13.0. The van der Waals surface area contributed by atoms with Gasteiger partial charge in [-0.3, -0.25) is 9.59 Å². The van der Waals surface area contributed by atoms with E-state index in [0.29, 0.717) is 16.6 Å². The summed E-state index contributed by atoms with van der Waals surface area (Å²) in [6, 6.07) is 7.14. The van der Waals surface area contributed by atoms with Crippen LogP contribution in [0.3, 0.4) is 0 Å². The number of rotatable bonds is 4. The number of likely N-dealkylation sites (tertiary alicyclic amines) is 1. The summed E-state index contributed by atoms with van der Waals surface area (Å²) < 4.78 is 0. The molecule has 4 nitrogen and oxygen atoms in total. The molecule has 0 bridgehead atoms. The molecule has 2 amide bonds. The molecule has 0 aromatic heterocycles. The van der Waals surface area contributed by atoms with Crippen LogP contribution in [0.15, 0.2) is 24.3 Å². The molecule has 0 saturated carbocycles. The number of nitrogens with one attached hydrogen (secondary N) is 1. The summed E-state index contributed by atoms with van der Waals surface area (Å²) in [6.07, 6.45) is 4.24. The highest BCUT2D eigenvalue weighted by Crippen LogP contribution is 2.19. The minimum atomic E-state index is -0.306. The highest BCUT2D eigenvalue weighted by molar-refractivity contribution is 6.33. The SMILES string of the molecule is CCC1CCCCN1C(=O)CNC(=O)c1ccccc1Cl. The summed E-state index contributed by atoms with van der Waals surface area (Å²) in [4.78, 5) is 26.2. The number of carbonyl (C=O) groups is 2. The van der Waals surface area contributed by atoms with Gasteiger partial charge in [0.2, 0.25) is 5.91 Å². The highest BCUT2D eigenvalue weighted by Gasteiger charge is 2.25. The van der Waals surface area contributed by atoms with Crippen molar-refractivity contribution in [3.8, 4) is 0 Å². The third kappa shape index (κ3) is 3.97. The van der Waals surface area contributed by atoms with E-state index in [1.165, 1.54) is 6.42 Å². The molecule has 1 heterocycles. The van der Waals surface area contributed by atoms with E-state index in [4.69, 9.17) is 11.6 Å². The van der Waals surface area contributed by atoms with Crippen LogP contribution in [-0.2, 0) is 4.79 Å². The van der Waals surface area contributed by atoms with Gasteiger partial charge in [-0.2, -0.15) is 0 Å². The lowest BCUT2D eigenvalue weighted by Gasteiger charge is -2.35. The van der Waals surface area contributed by atoms with Gasteiger partial charge in [-0.25, -0.2) is 0 Å². The van der Waals surface area contributed by atoms with E-state index in [-0.39, 0.29) is 18.4 Å². The number of hydrogen-bond acceptors (Lipinski definition) is 2. The second-order valence-corrected chi connectivity index (χ2v) is 5.71. The molecule has 114 valence electrons. The first kappa shape index (κ1) is 15.8. The van der Waals surface area contributed by atoms with Crippen LogP contribution < -0.4 is 5.32 Å². The van der Waals surface area contributed by atoms with Gasteiger partial charge in [0.1, 0.15) is 0 Å². The predicted molar refractivity (Wildman–Crippen MR) is 83.4 cm³/mol. The number of carbonyl (C=O) groups excluding carboxylic acids is 2. The number of amides is 2. The average Bonchev–Trinajstić information content (AvgIpc) is 2.52. The van der Waals surface area contributed by atoms with E-state index in [9.17, 15) is 9.59 Å². The van der Waals surface area contributed by atoms with Gasteiger partial charge in [0.15, 0.2) is 0 Å². The predicted octanol–water partition coefficient (Wildman–Crippen LogP) is 2.86. The molecule has 0 aliphatic carbocycles. The fraction of sp³-hybridized carbons (Fsp3) is 0.500. The Morgan fingerprint density at radius 1 is 1.33 bits per heavy atom. The molecule has 0 radical (unpaired) electrons. The maximum Gasteiger partial charge on any atom is 0.253 e. The lowest BCUT2D eigenvalue weighted by Crippen LogP contribution is -2.47. The molecule has 1 atom stereocenters. The van der Waals surface area contributed by atoms with Crippen LogP contribution in [0.2, 0.25) is 5.02 Å². The van der Waals surface area contributed by atoms with Gasteiger partial charge in [0, 0.05) is 12.6 Å². The Balaban J connectivity index is 1.91. The summed E-state index contributed by atoms with van der Waals surface area (Å²) in [6.45, 7) is 2.92.